The highest BCUT2D eigenvalue weighted by Gasteiger charge is 2.17. The Hall–Kier alpha value is -2.24. The maximum absolute atomic E-state index is 12.9. The summed E-state index contributed by atoms with van der Waals surface area (Å²) in [7, 11) is 0. The van der Waals surface area contributed by atoms with Gasteiger partial charge in [0.05, 0.1) is 11.0 Å². The highest BCUT2D eigenvalue weighted by Crippen LogP contribution is 2.31. The Morgan fingerprint density at radius 1 is 1.47 bits per heavy atom. The van der Waals surface area contributed by atoms with Crippen molar-refractivity contribution in [2.45, 2.75) is 0 Å². The van der Waals surface area contributed by atoms with E-state index in [0.717, 1.165) is 18.2 Å². The van der Waals surface area contributed by atoms with Crippen molar-refractivity contribution < 1.29 is 19.2 Å². The highest BCUT2D eigenvalue weighted by atomic mass is 19.1. The van der Waals surface area contributed by atoms with Gasteiger partial charge in [-0.3, -0.25) is 14.9 Å². The number of carbonyl (C=O) groups is 1. The first-order chi connectivity index (χ1) is 7.06. The number of carbonyl (C=O) groups excluding carboxylic acids is 1. The molecule has 0 spiro atoms. The van der Waals surface area contributed by atoms with Crippen molar-refractivity contribution in [2.75, 3.05) is 0 Å². The van der Waals surface area contributed by atoms with E-state index in [1.165, 1.54) is 0 Å². The van der Waals surface area contributed by atoms with Gasteiger partial charge in [-0.1, -0.05) is 0 Å². The standard InChI is InChI=1S/C9H6FNO4/c10-7-4-6(2-1-3-12)9(13)8(5-7)11(14)15/h1-5,13H. The van der Waals surface area contributed by atoms with Crippen LogP contribution in [0, 0.1) is 15.9 Å². The molecule has 6 heteroatoms. The molecule has 0 aliphatic heterocycles. The molecule has 15 heavy (non-hydrogen) atoms. The monoisotopic (exact) mass is 211 g/mol. The van der Waals surface area contributed by atoms with Gasteiger partial charge in [-0.2, -0.15) is 0 Å². The first-order valence-electron chi connectivity index (χ1n) is 3.85. The van der Waals surface area contributed by atoms with Gasteiger partial charge in [0.1, 0.15) is 12.1 Å². The molecule has 0 fully saturated rings. The molecular weight excluding hydrogens is 205 g/mol. The summed E-state index contributed by atoms with van der Waals surface area (Å²) in [5, 5.41) is 19.7. The first-order valence-corrected chi connectivity index (χ1v) is 3.85. The molecule has 0 atom stereocenters. The predicted molar refractivity (Wildman–Crippen MR) is 49.8 cm³/mol. The fourth-order valence-electron chi connectivity index (χ4n) is 1.01. The largest absolute Gasteiger partial charge is 0.502 e. The number of halogens is 1. The molecule has 0 amide bonds. The van der Waals surface area contributed by atoms with Crippen LogP contribution in [0.5, 0.6) is 5.75 Å². The van der Waals surface area contributed by atoms with Gasteiger partial charge in [0.2, 0.25) is 5.75 Å². The molecule has 0 heterocycles. The number of benzene rings is 1. The van der Waals surface area contributed by atoms with Crippen LogP contribution in [-0.4, -0.2) is 16.3 Å². The summed E-state index contributed by atoms with van der Waals surface area (Å²) < 4.78 is 12.9. The third-order valence-electron chi connectivity index (χ3n) is 1.64. The van der Waals surface area contributed by atoms with Crippen molar-refractivity contribution >= 4 is 18.0 Å². The number of phenolic OH excluding ortho intramolecular Hbond substituents is 1. The van der Waals surface area contributed by atoms with Crippen LogP contribution in [0.1, 0.15) is 5.56 Å². The van der Waals surface area contributed by atoms with Crippen LogP contribution >= 0.6 is 0 Å². The van der Waals surface area contributed by atoms with Gasteiger partial charge >= 0.3 is 5.69 Å². The van der Waals surface area contributed by atoms with E-state index in [4.69, 9.17) is 0 Å². The molecule has 0 radical (unpaired) electrons. The number of aldehydes is 1. The Kier molecular flexibility index (Phi) is 3.12. The maximum atomic E-state index is 12.9. The summed E-state index contributed by atoms with van der Waals surface area (Å²) in [6, 6.07) is 1.50. The third-order valence-corrected chi connectivity index (χ3v) is 1.64. The summed E-state index contributed by atoms with van der Waals surface area (Å²) in [6.07, 6.45) is 2.49. The Bertz CT molecular complexity index is 442. The third kappa shape index (κ3) is 2.37. The number of aromatic hydroxyl groups is 1. The zero-order chi connectivity index (χ0) is 11.4. The van der Waals surface area contributed by atoms with E-state index in [2.05, 4.69) is 0 Å². The van der Waals surface area contributed by atoms with Crippen LogP contribution in [0.3, 0.4) is 0 Å². The van der Waals surface area contributed by atoms with Crippen molar-refractivity contribution in [1.29, 1.82) is 0 Å². The molecular formula is C9H6FNO4. The maximum Gasteiger partial charge on any atom is 0.314 e. The number of rotatable bonds is 3. The second-order valence-electron chi connectivity index (χ2n) is 2.62. The predicted octanol–water partition coefficient (Wildman–Crippen LogP) is 1.65. The van der Waals surface area contributed by atoms with Crippen LogP contribution in [0.4, 0.5) is 10.1 Å². The zero-order valence-corrected chi connectivity index (χ0v) is 7.38. The molecule has 1 aromatic rings. The lowest BCUT2D eigenvalue weighted by molar-refractivity contribution is -0.386. The number of hydrogen-bond acceptors (Lipinski definition) is 4. The van der Waals surface area contributed by atoms with Crippen LogP contribution in [0.25, 0.3) is 6.08 Å². The van der Waals surface area contributed by atoms with E-state index in [9.17, 15) is 24.4 Å². The Morgan fingerprint density at radius 2 is 2.13 bits per heavy atom. The lowest BCUT2D eigenvalue weighted by atomic mass is 10.1. The van der Waals surface area contributed by atoms with Gasteiger partial charge in [0.15, 0.2) is 0 Å². The second kappa shape index (κ2) is 4.32. The summed E-state index contributed by atoms with van der Waals surface area (Å²) in [4.78, 5) is 19.5. The number of nitrogens with zero attached hydrogens (tertiary/aromatic N) is 1. The molecule has 1 rings (SSSR count). The normalized spacial score (nSPS) is 10.5. The Balaban J connectivity index is 3.34. The van der Waals surface area contributed by atoms with Crippen LogP contribution in [-0.2, 0) is 4.79 Å². The van der Waals surface area contributed by atoms with Gasteiger partial charge in [0.25, 0.3) is 0 Å². The van der Waals surface area contributed by atoms with E-state index in [1.54, 1.807) is 0 Å². The van der Waals surface area contributed by atoms with Gasteiger partial charge in [-0.25, -0.2) is 4.39 Å². The quantitative estimate of drug-likeness (QED) is 0.356. The molecule has 0 saturated carbocycles. The van der Waals surface area contributed by atoms with Gasteiger partial charge in [-0.05, 0) is 18.2 Å². The summed E-state index contributed by atoms with van der Waals surface area (Å²) in [5.74, 6) is -1.52. The lowest BCUT2D eigenvalue weighted by Crippen LogP contribution is -1.92. The van der Waals surface area contributed by atoms with Crippen molar-refractivity contribution in [2.24, 2.45) is 0 Å². The number of hydrogen-bond donors (Lipinski definition) is 1. The van der Waals surface area contributed by atoms with E-state index < -0.39 is 22.2 Å². The molecule has 78 valence electrons. The molecule has 0 saturated heterocycles. The van der Waals surface area contributed by atoms with Crippen molar-refractivity contribution in [3.05, 3.63) is 39.7 Å². The SMILES string of the molecule is O=CC=Cc1cc(F)cc([N+](=O)[O-])c1O. The summed E-state index contributed by atoms with van der Waals surface area (Å²) in [6.45, 7) is 0. The molecule has 0 aromatic heterocycles. The topological polar surface area (TPSA) is 80.4 Å². The van der Waals surface area contributed by atoms with E-state index >= 15 is 0 Å². The lowest BCUT2D eigenvalue weighted by Gasteiger charge is -2.00. The molecule has 0 bridgehead atoms. The smallest absolute Gasteiger partial charge is 0.314 e. The highest BCUT2D eigenvalue weighted by molar-refractivity contribution is 5.76. The summed E-state index contributed by atoms with van der Waals surface area (Å²) >= 11 is 0. The van der Waals surface area contributed by atoms with Crippen LogP contribution in [0.2, 0.25) is 0 Å². The van der Waals surface area contributed by atoms with Crippen molar-refractivity contribution in [3.8, 4) is 5.75 Å². The Morgan fingerprint density at radius 3 is 2.67 bits per heavy atom. The molecule has 1 N–H and O–H groups in total. The fraction of sp³-hybridized carbons (Fsp3) is 0. The average Bonchev–Trinajstić information content (AvgIpc) is 2.18. The molecule has 0 unspecified atom stereocenters. The van der Waals surface area contributed by atoms with Crippen molar-refractivity contribution in [3.63, 3.8) is 0 Å². The van der Waals surface area contributed by atoms with Gasteiger partial charge < -0.3 is 5.11 Å². The van der Waals surface area contributed by atoms with Gasteiger partial charge in [0, 0.05) is 5.56 Å². The molecule has 5 nitrogen and oxygen atoms in total. The van der Waals surface area contributed by atoms with Crippen LogP contribution < -0.4 is 0 Å². The summed E-state index contributed by atoms with van der Waals surface area (Å²) in [5.41, 5.74) is -0.852. The van der Waals surface area contributed by atoms with E-state index in [1.807, 2.05) is 0 Å². The molecule has 0 aliphatic rings. The zero-order valence-electron chi connectivity index (χ0n) is 7.38. The number of phenols is 1. The van der Waals surface area contributed by atoms with Gasteiger partial charge in [-0.15, -0.1) is 0 Å². The van der Waals surface area contributed by atoms with Crippen molar-refractivity contribution in [1.82, 2.24) is 0 Å². The minimum Gasteiger partial charge on any atom is -0.502 e. The molecule has 0 aliphatic carbocycles. The van der Waals surface area contributed by atoms with E-state index in [0.29, 0.717) is 12.4 Å². The van der Waals surface area contributed by atoms with Crippen LogP contribution in [0.15, 0.2) is 18.2 Å². The van der Waals surface area contributed by atoms with E-state index in [-0.39, 0.29) is 5.56 Å². The Labute approximate surface area is 83.6 Å². The average molecular weight is 211 g/mol. The molecule has 1 aromatic carbocycles. The second-order valence-corrected chi connectivity index (χ2v) is 2.62. The number of nitro benzene ring substituents is 1. The fourth-order valence-corrected chi connectivity index (χ4v) is 1.01. The minimum absolute atomic E-state index is 0.117. The minimum atomic E-state index is -0.906. The number of allylic oxidation sites excluding steroid dienone is 1. The number of nitro groups is 1. The first kappa shape index (κ1) is 10.8.